The first-order valence-electron chi connectivity index (χ1n) is 7.47. The van der Waals surface area contributed by atoms with E-state index in [1.54, 1.807) is 20.3 Å². The molecule has 23 heavy (non-hydrogen) atoms. The fraction of sp³-hybridized carbons (Fsp3) is 0.316. The van der Waals surface area contributed by atoms with E-state index < -0.39 is 11.9 Å². The number of methoxy groups -OCH3 is 2. The molecule has 0 radical (unpaired) electrons. The van der Waals surface area contributed by atoms with Crippen molar-refractivity contribution in [3.8, 4) is 11.5 Å². The zero-order valence-corrected chi connectivity index (χ0v) is 13.9. The van der Waals surface area contributed by atoms with E-state index in [0.29, 0.717) is 17.9 Å². The molecule has 2 aromatic carbocycles. The first-order chi connectivity index (χ1) is 11.0. The molecule has 4 nitrogen and oxygen atoms in total. The van der Waals surface area contributed by atoms with E-state index in [-0.39, 0.29) is 0 Å². The molecular weight excluding hydrogens is 292 g/mol. The molecule has 0 saturated heterocycles. The topological polar surface area (TPSA) is 55.8 Å². The molecule has 0 amide bonds. The number of para-hydroxylation sites is 1. The van der Waals surface area contributed by atoms with Crippen molar-refractivity contribution in [1.82, 2.24) is 0 Å². The van der Waals surface area contributed by atoms with Crippen molar-refractivity contribution in [2.24, 2.45) is 0 Å². The Balaban J connectivity index is 2.41. The molecule has 0 saturated carbocycles. The summed E-state index contributed by atoms with van der Waals surface area (Å²) in [6.07, 6.45) is 0.345. The Morgan fingerprint density at radius 3 is 2.39 bits per heavy atom. The van der Waals surface area contributed by atoms with Crippen LogP contribution in [0.15, 0.2) is 36.4 Å². The Morgan fingerprint density at radius 1 is 1.09 bits per heavy atom. The van der Waals surface area contributed by atoms with Crippen LogP contribution in [-0.4, -0.2) is 25.3 Å². The van der Waals surface area contributed by atoms with Crippen LogP contribution in [-0.2, 0) is 11.2 Å². The summed E-state index contributed by atoms with van der Waals surface area (Å²) < 4.78 is 10.7. The number of benzene rings is 2. The van der Waals surface area contributed by atoms with E-state index in [4.69, 9.17) is 9.47 Å². The van der Waals surface area contributed by atoms with Crippen LogP contribution in [0.3, 0.4) is 0 Å². The lowest BCUT2D eigenvalue weighted by Crippen LogP contribution is -2.15. The molecule has 4 heteroatoms. The summed E-state index contributed by atoms with van der Waals surface area (Å²) in [6, 6.07) is 11.3. The van der Waals surface area contributed by atoms with Crippen molar-refractivity contribution < 1.29 is 19.4 Å². The molecule has 0 fully saturated rings. The van der Waals surface area contributed by atoms with Gasteiger partial charge in [0.15, 0.2) is 11.5 Å². The highest BCUT2D eigenvalue weighted by Crippen LogP contribution is 2.34. The predicted molar refractivity (Wildman–Crippen MR) is 89.5 cm³/mol. The number of hydrogen-bond acceptors (Lipinski definition) is 3. The summed E-state index contributed by atoms with van der Waals surface area (Å²) in [6.45, 7) is 4.00. The van der Waals surface area contributed by atoms with Crippen LogP contribution in [0.25, 0.3) is 0 Å². The maximum atomic E-state index is 11.8. The van der Waals surface area contributed by atoms with Crippen molar-refractivity contribution in [1.29, 1.82) is 0 Å². The molecule has 0 aromatic heterocycles. The molecule has 0 aliphatic rings. The van der Waals surface area contributed by atoms with Crippen LogP contribution in [0.2, 0.25) is 0 Å². The standard InChI is InChI=1S/C19H22O4/c1-12-8-9-14(10-13(12)2)16(19(20)21)11-15-6-5-7-17(22-3)18(15)23-4/h5-10,16H,11H2,1-4H3,(H,20,21). The zero-order valence-electron chi connectivity index (χ0n) is 13.9. The maximum absolute atomic E-state index is 11.8. The molecule has 122 valence electrons. The van der Waals surface area contributed by atoms with E-state index in [0.717, 1.165) is 22.3 Å². The molecule has 0 aliphatic carbocycles. The van der Waals surface area contributed by atoms with Crippen molar-refractivity contribution in [3.05, 3.63) is 58.7 Å². The second-order valence-corrected chi connectivity index (χ2v) is 5.59. The van der Waals surface area contributed by atoms with E-state index in [1.165, 1.54) is 0 Å². The average Bonchev–Trinajstić information content (AvgIpc) is 2.54. The molecule has 2 rings (SSSR count). The maximum Gasteiger partial charge on any atom is 0.311 e. The van der Waals surface area contributed by atoms with Gasteiger partial charge in [0, 0.05) is 0 Å². The monoisotopic (exact) mass is 314 g/mol. The summed E-state index contributed by atoms with van der Waals surface area (Å²) in [5, 5.41) is 9.67. The minimum atomic E-state index is -0.849. The van der Waals surface area contributed by atoms with E-state index in [2.05, 4.69) is 0 Å². The number of carboxylic acid groups (broad SMARTS) is 1. The second-order valence-electron chi connectivity index (χ2n) is 5.59. The Labute approximate surface area is 136 Å². The number of hydrogen-bond donors (Lipinski definition) is 1. The van der Waals surface area contributed by atoms with Crippen molar-refractivity contribution in [2.45, 2.75) is 26.2 Å². The number of aryl methyl sites for hydroxylation is 2. The van der Waals surface area contributed by atoms with Gasteiger partial charge in [-0.15, -0.1) is 0 Å². The molecular formula is C19H22O4. The highest BCUT2D eigenvalue weighted by molar-refractivity contribution is 5.77. The summed E-state index contributed by atoms with van der Waals surface area (Å²) in [7, 11) is 3.13. The van der Waals surface area contributed by atoms with Crippen LogP contribution in [0.1, 0.15) is 28.2 Å². The molecule has 0 aliphatic heterocycles. The van der Waals surface area contributed by atoms with Gasteiger partial charge in [0.25, 0.3) is 0 Å². The van der Waals surface area contributed by atoms with E-state index in [9.17, 15) is 9.90 Å². The fourth-order valence-corrected chi connectivity index (χ4v) is 2.66. The van der Waals surface area contributed by atoms with Crippen LogP contribution < -0.4 is 9.47 Å². The quantitative estimate of drug-likeness (QED) is 0.882. The Morgan fingerprint density at radius 2 is 1.83 bits per heavy atom. The van der Waals surface area contributed by atoms with Gasteiger partial charge in [-0.25, -0.2) is 0 Å². The molecule has 2 aromatic rings. The molecule has 0 heterocycles. The summed E-state index contributed by atoms with van der Waals surface area (Å²) in [5.74, 6) is -0.284. The van der Waals surface area contributed by atoms with Gasteiger partial charge in [-0.1, -0.05) is 30.3 Å². The van der Waals surface area contributed by atoms with Gasteiger partial charge in [0.05, 0.1) is 20.1 Å². The van der Waals surface area contributed by atoms with Crippen LogP contribution >= 0.6 is 0 Å². The Hall–Kier alpha value is -2.49. The summed E-state index contributed by atoms with van der Waals surface area (Å²) in [5.41, 5.74) is 3.85. The molecule has 1 atom stereocenters. The minimum absolute atomic E-state index is 0.345. The van der Waals surface area contributed by atoms with Gasteiger partial charge in [0.1, 0.15) is 0 Å². The van der Waals surface area contributed by atoms with Crippen LogP contribution in [0.4, 0.5) is 0 Å². The minimum Gasteiger partial charge on any atom is -0.493 e. The molecule has 1 unspecified atom stereocenters. The largest absolute Gasteiger partial charge is 0.493 e. The molecule has 0 spiro atoms. The SMILES string of the molecule is COc1cccc(CC(C(=O)O)c2ccc(C)c(C)c2)c1OC. The van der Waals surface area contributed by atoms with Gasteiger partial charge in [-0.05, 0) is 48.6 Å². The molecule has 1 N–H and O–H groups in total. The lowest BCUT2D eigenvalue weighted by atomic mass is 9.90. The number of carboxylic acids is 1. The third-order valence-corrected chi connectivity index (χ3v) is 4.14. The summed E-state index contributed by atoms with van der Waals surface area (Å²) in [4.78, 5) is 11.8. The highest BCUT2D eigenvalue weighted by atomic mass is 16.5. The van der Waals surface area contributed by atoms with Crippen LogP contribution in [0, 0.1) is 13.8 Å². The van der Waals surface area contributed by atoms with Gasteiger partial charge in [-0.2, -0.15) is 0 Å². The Bertz CT molecular complexity index is 707. The fourth-order valence-electron chi connectivity index (χ4n) is 2.66. The van der Waals surface area contributed by atoms with Crippen molar-refractivity contribution >= 4 is 5.97 Å². The van der Waals surface area contributed by atoms with Crippen molar-refractivity contribution in [3.63, 3.8) is 0 Å². The molecule has 0 bridgehead atoms. The van der Waals surface area contributed by atoms with Gasteiger partial charge in [-0.3, -0.25) is 4.79 Å². The van der Waals surface area contributed by atoms with Crippen molar-refractivity contribution in [2.75, 3.05) is 14.2 Å². The van der Waals surface area contributed by atoms with E-state index in [1.807, 2.05) is 44.2 Å². The highest BCUT2D eigenvalue weighted by Gasteiger charge is 2.23. The lowest BCUT2D eigenvalue weighted by molar-refractivity contribution is -0.138. The zero-order chi connectivity index (χ0) is 17.0. The first-order valence-corrected chi connectivity index (χ1v) is 7.47. The van der Waals surface area contributed by atoms with Gasteiger partial charge < -0.3 is 14.6 Å². The van der Waals surface area contributed by atoms with Gasteiger partial charge in [0.2, 0.25) is 0 Å². The first kappa shape index (κ1) is 16.9. The van der Waals surface area contributed by atoms with Gasteiger partial charge >= 0.3 is 5.97 Å². The number of carbonyl (C=O) groups is 1. The third kappa shape index (κ3) is 3.65. The predicted octanol–water partition coefficient (Wildman–Crippen LogP) is 3.73. The third-order valence-electron chi connectivity index (χ3n) is 4.14. The number of aliphatic carboxylic acids is 1. The second kappa shape index (κ2) is 7.18. The smallest absolute Gasteiger partial charge is 0.311 e. The average molecular weight is 314 g/mol. The summed E-state index contributed by atoms with van der Waals surface area (Å²) >= 11 is 0. The normalized spacial score (nSPS) is 11.8. The van der Waals surface area contributed by atoms with E-state index >= 15 is 0 Å². The number of ether oxygens (including phenoxy) is 2. The lowest BCUT2D eigenvalue weighted by Gasteiger charge is -2.17. The number of rotatable bonds is 6. The Kier molecular flexibility index (Phi) is 5.27. The van der Waals surface area contributed by atoms with Crippen LogP contribution in [0.5, 0.6) is 11.5 Å².